The SMILES string of the molecule is CCOc1cccc2[nH]cc(CCCN3CCN(C)CC3)c12. The van der Waals surface area contributed by atoms with Gasteiger partial charge in [-0.1, -0.05) is 6.07 Å². The lowest BCUT2D eigenvalue weighted by molar-refractivity contribution is 0.153. The molecule has 0 unspecified atom stereocenters. The number of fused-ring (bicyclic) bond motifs is 1. The molecule has 1 saturated heterocycles. The molecule has 120 valence electrons. The van der Waals surface area contributed by atoms with E-state index in [-0.39, 0.29) is 0 Å². The molecule has 0 bridgehead atoms. The maximum Gasteiger partial charge on any atom is 0.128 e. The molecule has 1 aromatic carbocycles. The van der Waals surface area contributed by atoms with Crippen LogP contribution in [-0.4, -0.2) is 61.2 Å². The molecule has 4 nitrogen and oxygen atoms in total. The zero-order chi connectivity index (χ0) is 15.4. The van der Waals surface area contributed by atoms with Gasteiger partial charge in [0.25, 0.3) is 0 Å². The van der Waals surface area contributed by atoms with Crippen molar-refractivity contribution in [2.24, 2.45) is 0 Å². The first-order valence-electron chi connectivity index (χ1n) is 8.40. The summed E-state index contributed by atoms with van der Waals surface area (Å²) in [4.78, 5) is 8.37. The van der Waals surface area contributed by atoms with E-state index in [2.05, 4.69) is 46.2 Å². The normalized spacial score (nSPS) is 17.2. The second-order valence-corrected chi connectivity index (χ2v) is 6.17. The number of rotatable bonds is 6. The molecule has 4 heteroatoms. The van der Waals surface area contributed by atoms with Crippen LogP contribution in [0.4, 0.5) is 0 Å². The minimum atomic E-state index is 0.713. The first kappa shape index (κ1) is 15.4. The van der Waals surface area contributed by atoms with Crippen LogP contribution >= 0.6 is 0 Å². The highest BCUT2D eigenvalue weighted by Gasteiger charge is 2.14. The number of H-pyrrole nitrogens is 1. The molecule has 22 heavy (non-hydrogen) atoms. The molecule has 2 heterocycles. The van der Waals surface area contributed by atoms with Crippen LogP contribution in [0.3, 0.4) is 0 Å². The topological polar surface area (TPSA) is 31.5 Å². The molecular weight excluding hydrogens is 274 g/mol. The molecule has 0 saturated carbocycles. The number of nitrogens with one attached hydrogen (secondary N) is 1. The Morgan fingerprint density at radius 3 is 2.77 bits per heavy atom. The van der Waals surface area contributed by atoms with Crippen LogP contribution in [0.25, 0.3) is 10.9 Å². The number of aromatic amines is 1. The third-order valence-corrected chi connectivity index (χ3v) is 4.57. The van der Waals surface area contributed by atoms with Crippen LogP contribution in [0.5, 0.6) is 5.75 Å². The van der Waals surface area contributed by atoms with Gasteiger partial charge in [0.15, 0.2) is 0 Å². The van der Waals surface area contributed by atoms with Crippen molar-refractivity contribution in [1.29, 1.82) is 0 Å². The van der Waals surface area contributed by atoms with Crippen molar-refractivity contribution in [3.63, 3.8) is 0 Å². The largest absolute Gasteiger partial charge is 0.493 e. The Hall–Kier alpha value is -1.52. The number of aryl methyl sites for hydroxylation is 1. The standard InChI is InChI=1S/C18H27N3O/c1-3-22-17-8-4-7-16-18(17)15(14-19-16)6-5-9-21-12-10-20(2)11-13-21/h4,7-8,14,19H,3,5-6,9-13H2,1-2H3. The Morgan fingerprint density at radius 2 is 2.00 bits per heavy atom. The van der Waals surface area contributed by atoms with Crippen LogP contribution in [0.1, 0.15) is 18.9 Å². The van der Waals surface area contributed by atoms with Gasteiger partial charge in [0, 0.05) is 43.3 Å². The van der Waals surface area contributed by atoms with Crippen LogP contribution < -0.4 is 4.74 Å². The molecule has 3 rings (SSSR count). The number of hydrogen-bond acceptors (Lipinski definition) is 3. The van der Waals surface area contributed by atoms with Gasteiger partial charge in [0.05, 0.1) is 6.61 Å². The van der Waals surface area contributed by atoms with E-state index < -0.39 is 0 Å². The molecule has 0 amide bonds. The van der Waals surface area contributed by atoms with E-state index in [0.29, 0.717) is 6.61 Å². The van der Waals surface area contributed by atoms with Crippen molar-refractivity contribution >= 4 is 10.9 Å². The van der Waals surface area contributed by atoms with E-state index in [1.165, 1.54) is 55.6 Å². The number of aromatic nitrogens is 1. The van der Waals surface area contributed by atoms with Crippen molar-refractivity contribution < 1.29 is 4.74 Å². The summed E-state index contributed by atoms with van der Waals surface area (Å²) in [7, 11) is 2.21. The van der Waals surface area contributed by atoms with E-state index in [0.717, 1.165) is 12.2 Å². The molecule has 1 N–H and O–H groups in total. The van der Waals surface area contributed by atoms with Crippen molar-refractivity contribution in [3.8, 4) is 5.75 Å². The minimum Gasteiger partial charge on any atom is -0.493 e. The summed E-state index contributed by atoms with van der Waals surface area (Å²) in [6.07, 6.45) is 4.46. The van der Waals surface area contributed by atoms with Gasteiger partial charge >= 0.3 is 0 Å². The molecular formula is C18H27N3O. The van der Waals surface area contributed by atoms with Crippen LogP contribution in [0, 0.1) is 0 Å². The average molecular weight is 301 g/mol. The van der Waals surface area contributed by atoms with E-state index >= 15 is 0 Å². The lowest BCUT2D eigenvalue weighted by Crippen LogP contribution is -2.44. The molecule has 0 radical (unpaired) electrons. The number of piperazine rings is 1. The van der Waals surface area contributed by atoms with Crippen LogP contribution in [0.15, 0.2) is 24.4 Å². The van der Waals surface area contributed by atoms with Gasteiger partial charge < -0.3 is 19.5 Å². The second kappa shape index (κ2) is 7.16. The van der Waals surface area contributed by atoms with Crippen molar-refractivity contribution in [1.82, 2.24) is 14.8 Å². The maximum atomic E-state index is 5.79. The van der Waals surface area contributed by atoms with E-state index in [1.807, 2.05) is 6.92 Å². The summed E-state index contributed by atoms with van der Waals surface area (Å²) in [5.74, 6) is 1.01. The summed E-state index contributed by atoms with van der Waals surface area (Å²) in [6.45, 7) is 8.74. The van der Waals surface area contributed by atoms with Gasteiger partial charge in [-0.2, -0.15) is 0 Å². The Kier molecular flexibility index (Phi) is 5.01. The predicted molar refractivity (Wildman–Crippen MR) is 91.7 cm³/mol. The van der Waals surface area contributed by atoms with E-state index in [4.69, 9.17) is 4.74 Å². The Balaban J connectivity index is 1.61. The van der Waals surface area contributed by atoms with E-state index in [1.54, 1.807) is 0 Å². The van der Waals surface area contributed by atoms with Crippen LogP contribution in [-0.2, 0) is 6.42 Å². The quantitative estimate of drug-likeness (QED) is 0.890. The first-order valence-corrected chi connectivity index (χ1v) is 8.40. The Bertz CT molecular complexity index is 599. The van der Waals surface area contributed by atoms with E-state index in [9.17, 15) is 0 Å². The molecule has 2 aromatic rings. The number of nitrogens with zero attached hydrogens (tertiary/aromatic N) is 2. The molecule has 1 aliphatic heterocycles. The van der Waals surface area contributed by atoms with Crippen molar-refractivity contribution in [3.05, 3.63) is 30.0 Å². The highest BCUT2D eigenvalue weighted by Crippen LogP contribution is 2.29. The fraction of sp³-hybridized carbons (Fsp3) is 0.556. The monoisotopic (exact) mass is 301 g/mol. The number of likely N-dealkylation sites (N-methyl/N-ethyl adjacent to an activating group) is 1. The summed E-state index contributed by atoms with van der Waals surface area (Å²) < 4.78 is 5.79. The van der Waals surface area contributed by atoms with Gasteiger partial charge in [-0.05, 0) is 51.1 Å². The summed E-state index contributed by atoms with van der Waals surface area (Å²) in [6, 6.07) is 6.25. The maximum absolute atomic E-state index is 5.79. The molecule has 0 spiro atoms. The molecule has 0 atom stereocenters. The van der Waals surface area contributed by atoms with Crippen molar-refractivity contribution in [2.45, 2.75) is 19.8 Å². The molecule has 0 aliphatic carbocycles. The van der Waals surface area contributed by atoms with Gasteiger partial charge in [-0.3, -0.25) is 0 Å². The zero-order valence-corrected chi connectivity index (χ0v) is 13.8. The number of ether oxygens (including phenoxy) is 1. The van der Waals surface area contributed by atoms with Gasteiger partial charge in [-0.15, -0.1) is 0 Å². The van der Waals surface area contributed by atoms with Crippen molar-refractivity contribution in [2.75, 3.05) is 46.4 Å². The smallest absolute Gasteiger partial charge is 0.128 e. The fourth-order valence-corrected chi connectivity index (χ4v) is 3.26. The fourth-order valence-electron chi connectivity index (χ4n) is 3.26. The summed E-state index contributed by atoms with van der Waals surface area (Å²) >= 11 is 0. The number of hydrogen-bond donors (Lipinski definition) is 1. The molecule has 1 aliphatic rings. The highest BCUT2D eigenvalue weighted by molar-refractivity contribution is 5.89. The Labute approximate surface area is 133 Å². The van der Waals surface area contributed by atoms with Gasteiger partial charge in [0.1, 0.15) is 5.75 Å². The lowest BCUT2D eigenvalue weighted by atomic mass is 10.1. The lowest BCUT2D eigenvalue weighted by Gasteiger charge is -2.32. The molecule has 1 fully saturated rings. The summed E-state index contributed by atoms with van der Waals surface area (Å²) in [5.41, 5.74) is 2.56. The Morgan fingerprint density at radius 1 is 1.18 bits per heavy atom. The van der Waals surface area contributed by atoms with Crippen LogP contribution in [0.2, 0.25) is 0 Å². The second-order valence-electron chi connectivity index (χ2n) is 6.17. The highest BCUT2D eigenvalue weighted by atomic mass is 16.5. The average Bonchev–Trinajstić information content (AvgIpc) is 2.94. The summed E-state index contributed by atoms with van der Waals surface area (Å²) in [5, 5.41) is 1.27. The zero-order valence-electron chi connectivity index (χ0n) is 13.8. The van der Waals surface area contributed by atoms with Gasteiger partial charge in [-0.25, -0.2) is 0 Å². The molecule has 1 aromatic heterocycles. The predicted octanol–water partition coefficient (Wildman–Crippen LogP) is 2.75. The minimum absolute atomic E-state index is 0.713. The van der Waals surface area contributed by atoms with Gasteiger partial charge in [0.2, 0.25) is 0 Å². The third kappa shape index (κ3) is 3.45. The number of benzene rings is 1. The first-order chi connectivity index (χ1) is 10.8. The third-order valence-electron chi connectivity index (χ3n) is 4.57.